The second kappa shape index (κ2) is 13.7. The van der Waals surface area contributed by atoms with Gasteiger partial charge in [0.05, 0.1) is 35.4 Å². The molecule has 1 saturated heterocycles. The molecule has 0 radical (unpaired) electrons. The van der Waals surface area contributed by atoms with E-state index in [1.165, 1.54) is 13.2 Å². The highest BCUT2D eigenvalue weighted by Gasteiger charge is 2.40. The van der Waals surface area contributed by atoms with Gasteiger partial charge in [-0.25, -0.2) is 4.39 Å². The summed E-state index contributed by atoms with van der Waals surface area (Å²) in [6.07, 6.45) is 4.32. The normalized spacial score (nSPS) is 20.4. The van der Waals surface area contributed by atoms with Crippen LogP contribution in [0.5, 0.6) is 0 Å². The molecular formula is C32H38ClFN4O6. The summed E-state index contributed by atoms with van der Waals surface area (Å²) >= 11 is 6.42. The Balaban J connectivity index is 1.21. The molecule has 1 amide bonds. The van der Waals surface area contributed by atoms with E-state index in [0.29, 0.717) is 31.1 Å². The van der Waals surface area contributed by atoms with E-state index >= 15 is 4.39 Å². The van der Waals surface area contributed by atoms with Crippen LogP contribution in [0.3, 0.4) is 0 Å². The first-order chi connectivity index (χ1) is 21.1. The molecule has 2 fully saturated rings. The predicted molar refractivity (Wildman–Crippen MR) is 163 cm³/mol. The fourth-order valence-corrected chi connectivity index (χ4v) is 6.31. The van der Waals surface area contributed by atoms with Crippen molar-refractivity contribution in [3.8, 4) is 0 Å². The Labute approximate surface area is 260 Å². The Kier molecular flexibility index (Phi) is 9.99. The third-order valence-electron chi connectivity index (χ3n) is 8.52. The van der Waals surface area contributed by atoms with Gasteiger partial charge in [-0.2, -0.15) is 5.10 Å². The summed E-state index contributed by atoms with van der Waals surface area (Å²) in [6, 6.07) is 9.74. The van der Waals surface area contributed by atoms with Gasteiger partial charge >= 0.3 is 5.97 Å². The van der Waals surface area contributed by atoms with Gasteiger partial charge in [-0.3, -0.25) is 24.0 Å². The number of ketones is 1. The lowest BCUT2D eigenvalue weighted by atomic mass is 9.87. The average molecular weight is 629 g/mol. The van der Waals surface area contributed by atoms with Gasteiger partial charge in [0.15, 0.2) is 11.5 Å². The second-order valence-corrected chi connectivity index (χ2v) is 12.0. The number of halogens is 2. The van der Waals surface area contributed by atoms with Gasteiger partial charge in [0.1, 0.15) is 12.4 Å². The zero-order chi connectivity index (χ0) is 31.4. The molecule has 2 heterocycles. The van der Waals surface area contributed by atoms with Gasteiger partial charge in [0.25, 0.3) is 5.91 Å². The molecule has 1 unspecified atom stereocenters. The van der Waals surface area contributed by atoms with Crippen LogP contribution in [0.15, 0.2) is 36.4 Å². The summed E-state index contributed by atoms with van der Waals surface area (Å²) < 4.78 is 34.2. The van der Waals surface area contributed by atoms with Crippen LogP contribution in [0, 0.1) is 11.7 Å². The molecule has 44 heavy (non-hydrogen) atoms. The number of hydrogen-bond acceptors (Lipinski definition) is 8. The number of nitrogens with zero attached hydrogens (tertiary/aromatic N) is 3. The number of amides is 1. The van der Waals surface area contributed by atoms with E-state index in [1.54, 1.807) is 23.9 Å². The Morgan fingerprint density at radius 3 is 2.52 bits per heavy atom. The van der Waals surface area contributed by atoms with Crippen molar-refractivity contribution in [3.05, 3.63) is 58.5 Å². The minimum Gasteiger partial charge on any atom is -0.469 e. The zero-order valence-electron chi connectivity index (χ0n) is 25.2. The first-order valence-electron chi connectivity index (χ1n) is 15.0. The van der Waals surface area contributed by atoms with Crippen molar-refractivity contribution >= 4 is 45.9 Å². The average Bonchev–Trinajstić information content (AvgIpc) is 3.68. The van der Waals surface area contributed by atoms with Crippen molar-refractivity contribution in [2.45, 2.75) is 63.9 Å². The maximum Gasteiger partial charge on any atom is 0.308 e. The quantitative estimate of drug-likeness (QED) is 0.226. The number of aromatic nitrogens is 2. The van der Waals surface area contributed by atoms with Crippen molar-refractivity contribution in [3.63, 3.8) is 0 Å². The Morgan fingerprint density at radius 2 is 1.82 bits per heavy atom. The summed E-state index contributed by atoms with van der Waals surface area (Å²) in [6.45, 7) is 3.08. The Bertz CT molecular complexity index is 1530. The number of benzene rings is 2. The molecule has 1 atom stereocenters. The molecule has 10 nitrogen and oxygen atoms in total. The summed E-state index contributed by atoms with van der Waals surface area (Å²) in [5.41, 5.74) is 1.14. The lowest BCUT2D eigenvalue weighted by molar-refractivity contribution is -0.320. The number of ether oxygens (including phenoxy) is 3. The lowest BCUT2D eigenvalue weighted by Crippen LogP contribution is -2.52. The molecule has 0 bridgehead atoms. The largest absolute Gasteiger partial charge is 0.469 e. The van der Waals surface area contributed by atoms with Crippen LogP contribution in [0.4, 0.5) is 10.1 Å². The van der Waals surface area contributed by atoms with Crippen LogP contribution in [-0.2, 0) is 37.3 Å². The van der Waals surface area contributed by atoms with Gasteiger partial charge in [-0.05, 0) is 62.3 Å². The topological polar surface area (TPSA) is 112 Å². The highest BCUT2D eigenvalue weighted by atomic mass is 35.5. The number of aryl methyl sites for hydroxylation is 1. The summed E-state index contributed by atoms with van der Waals surface area (Å²) in [7, 11) is 3.14. The minimum atomic E-state index is -1.13. The van der Waals surface area contributed by atoms with Crippen LogP contribution < -0.4 is 5.32 Å². The molecule has 236 valence electrons. The van der Waals surface area contributed by atoms with Crippen LogP contribution in [0.1, 0.15) is 61.5 Å². The number of nitrogens with one attached hydrogen (secondary N) is 1. The number of methoxy groups -OCH3 is 1. The molecule has 12 heteroatoms. The standard InChI is InChI=1S/C32H38ClFN4O6/c1-32(38-14-6-7-15-38,44-23-12-10-20(11-13-23)31(41)42-3)43-19-22(39)16-21-17-25(33)27(18-26(21)34)35-30(40)29-24-8-4-5-9-28(24)37(2)36-29/h4-5,8-9,17-18,20,23H,6-7,10-16,19H2,1-3H3,(H,35,40). The van der Waals surface area contributed by atoms with Crippen molar-refractivity contribution in [1.29, 1.82) is 0 Å². The fourth-order valence-electron chi connectivity index (χ4n) is 6.08. The predicted octanol–water partition coefficient (Wildman–Crippen LogP) is 5.26. The maximum atomic E-state index is 15.2. The van der Waals surface area contributed by atoms with Gasteiger partial charge in [-0.1, -0.05) is 29.8 Å². The number of hydrogen-bond donors (Lipinski definition) is 1. The molecule has 1 N–H and O–H groups in total. The fraction of sp³-hybridized carbons (Fsp3) is 0.500. The van der Waals surface area contributed by atoms with Crippen LogP contribution in [-0.4, -0.2) is 71.2 Å². The zero-order valence-corrected chi connectivity index (χ0v) is 26.0. The number of esters is 1. The van der Waals surface area contributed by atoms with E-state index in [-0.39, 0.29) is 58.8 Å². The minimum absolute atomic E-state index is 0.0771. The number of fused-ring (bicyclic) bond motifs is 1. The number of para-hydroxylation sites is 1. The maximum absolute atomic E-state index is 15.2. The summed E-state index contributed by atoms with van der Waals surface area (Å²) in [4.78, 5) is 40.0. The molecule has 3 aromatic rings. The van der Waals surface area contributed by atoms with Crippen molar-refractivity contribution in [1.82, 2.24) is 14.7 Å². The van der Waals surface area contributed by atoms with Crippen LogP contribution in [0.2, 0.25) is 5.02 Å². The van der Waals surface area contributed by atoms with E-state index in [1.807, 2.05) is 19.1 Å². The van der Waals surface area contributed by atoms with E-state index in [9.17, 15) is 14.4 Å². The number of carbonyl (C=O) groups excluding carboxylic acids is 3. The molecule has 2 aliphatic rings. The van der Waals surface area contributed by atoms with Crippen molar-refractivity contribution < 1.29 is 33.0 Å². The number of Topliss-reactive ketones (excluding diaryl/α,β-unsaturated/α-hetero) is 1. The molecular weight excluding hydrogens is 591 g/mol. The molecule has 2 aromatic carbocycles. The Hall–Kier alpha value is -3.38. The highest BCUT2D eigenvalue weighted by Crippen LogP contribution is 2.33. The summed E-state index contributed by atoms with van der Waals surface area (Å²) in [5.74, 6) is -3.01. The highest BCUT2D eigenvalue weighted by molar-refractivity contribution is 6.34. The van der Waals surface area contributed by atoms with Crippen molar-refractivity contribution in [2.24, 2.45) is 13.0 Å². The number of likely N-dealkylation sites (tertiary alicyclic amines) is 1. The second-order valence-electron chi connectivity index (χ2n) is 11.6. The van der Waals surface area contributed by atoms with E-state index in [0.717, 1.165) is 37.5 Å². The lowest BCUT2D eigenvalue weighted by Gasteiger charge is -2.41. The third kappa shape index (κ3) is 7.12. The third-order valence-corrected chi connectivity index (χ3v) is 8.83. The first kappa shape index (κ1) is 32.0. The number of anilines is 1. The van der Waals surface area contributed by atoms with Gasteiger partial charge in [0.2, 0.25) is 5.91 Å². The SMILES string of the molecule is COC(=O)C1CCC(OC(C)(OCC(=O)Cc2cc(Cl)c(NC(=O)c3nn(C)c4ccccc34)cc2F)N2CCCC2)CC1. The van der Waals surface area contributed by atoms with E-state index in [2.05, 4.69) is 15.3 Å². The van der Waals surface area contributed by atoms with E-state index < -0.39 is 17.6 Å². The van der Waals surface area contributed by atoms with Gasteiger partial charge in [-0.15, -0.1) is 0 Å². The monoisotopic (exact) mass is 628 g/mol. The van der Waals surface area contributed by atoms with Crippen LogP contribution in [0.25, 0.3) is 10.9 Å². The van der Waals surface area contributed by atoms with Crippen molar-refractivity contribution in [2.75, 3.05) is 32.1 Å². The number of rotatable bonds is 11. The molecule has 1 aliphatic heterocycles. The molecule has 1 saturated carbocycles. The first-order valence-corrected chi connectivity index (χ1v) is 15.3. The molecule has 1 aliphatic carbocycles. The summed E-state index contributed by atoms with van der Waals surface area (Å²) in [5, 5.41) is 7.68. The van der Waals surface area contributed by atoms with E-state index in [4.69, 9.17) is 25.8 Å². The Morgan fingerprint density at radius 1 is 1.11 bits per heavy atom. The molecule has 0 spiro atoms. The molecule has 1 aromatic heterocycles. The molecule has 5 rings (SSSR count). The smallest absolute Gasteiger partial charge is 0.308 e. The van der Waals surface area contributed by atoms with Crippen LogP contribution >= 0.6 is 11.6 Å². The van der Waals surface area contributed by atoms with Gasteiger partial charge in [0, 0.05) is 38.9 Å². The number of carbonyl (C=O) groups is 3. The van der Waals surface area contributed by atoms with Gasteiger partial charge < -0.3 is 19.5 Å².